The highest BCUT2D eigenvalue weighted by Gasteiger charge is 2.33. The van der Waals surface area contributed by atoms with Gasteiger partial charge in [-0.05, 0) is 19.4 Å². The van der Waals surface area contributed by atoms with Crippen molar-refractivity contribution in [3.8, 4) is 0 Å². The zero-order valence-corrected chi connectivity index (χ0v) is 10.6. The van der Waals surface area contributed by atoms with Crippen LogP contribution in [-0.2, 0) is 4.74 Å². The van der Waals surface area contributed by atoms with Gasteiger partial charge in [-0.25, -0.2) is 4.79 Å². The summed E-state index contributed by atoms with van der Waals surface area (Å²) in [6, 6.07) is 0. The summed E-state index contributed by atoms with van der Waals surface area (Å²) in [5, 5.41) is 9.35. The number of hydrogen-bond acceptors (Lipinski definition) is 6. The third-order valence-electron chi connectivity index (χ3n) is 2.56. The SMILES string of the molecule is CCOC(=O)c1sc2c(c1C)C(=O)C(O)=CC2=O. The molecule has 1 heterocycles. The molecule has 0 aromatic carbocycles. The first-order valence-electron chi connectivity index (χ1n) is 5.27. The van der Waals surface area contributed by atoms with Gasteiger partial charge in [0.25, 0.3) is 0 Å². The summed E-state index contributed by atoms with van der Waals surface area (Å²) in [6.07, 6.45) is 0.871. The molecule has 94 valence electrons. The lowest BCUT2D eigenvalue weighted by molar-refractivity contribution is 0.0531. The molecule has 1 N–H and O–H groups in total. The number of ketones is 2. The van der Waals surface area contributed by atoms with Crippen molar-refractivity contribution in [2.24, 2.45) is 0 Å². The summed E-state index contributed by atoms with van der Waals surface area (Å²) in [7, 11) is 0. The third-order valence-corrected chi connectivity index (χ3v) is 3.85. The lowest BCUT2D eigenvalue weighted by Gasteiger charge is -2.07. The molecule has 0 saturated heterocycles. The van der Waals surface area contributed by atoms with Crippen LogP contribution in [0.25, 0.3) is 0 Å². The maximum absolute atomic E-state index is 11.8. The Morgan fingerprint density at radius 2 is 2.11 bits per heavy atom. The highest BCUT2D eigenvalue weighted by atomic mass is 32.1. The minimum absolute atomic E-state index is 0.105. The molecule has 1 aromatic heterocycles. The Morgan fingerprint density at radius 1 is 1.44 bits per heavy atom. The molecule has 0 aliphatic heterocycles. The zero-order chi connectivity index (χ0) is 13.4. The molecule has 0 unspecified atom stereocenters. The Bertz CT molecular complexity index is 594. The van der Waals surface area contributed by atoms with Crippen molar-refractivity contribution < 1.29 is 24.2 Å². The molecule has 1 aromatic rings. The smallest absolute Gasteiger partial charge is 0.348 e. The predicted octanol–water partition coefficient (Wildman–Crippen LogP) is 2.05. The van der Waals surface area contributed by atoms with Gasteiger partial charge in [0.1, 0.15) is 4.88 Å². The van der Waals surface area contributed by atoms with E-state index in [9.17, 15) is 19.5 Å². The fraction of sp³-hybridized carbons (Fsp3) is 0.250. The van der Waals surface area contributed by atoms with Gasteiger partial charge in [-0.2, -0.15) is 0 Å². The molecular weight excluding hydrogens is 256 g/mol. The van der Waals surface area contributed by atoms with Gasteiger partial charge in [0, 0.05) is 6.08 Å². The van der Waals surface area contributed by atoms with E-state index in [2.05, 4.69) is 0 Å². The normalized spacial score (nSPS) is 14.2. The van der Waals surface area contributed by atoms with Crippen molar-refractivity contribution in [1.82, 2.24) is 0 Å². The van der Waals surface area contributed by atoms with E-state index in [-0.39, 0.29) is 21.9 Å². The monoisotopic (exact) mass is 266 g/mol. The quantitative estimate of drug-likeness (QED) is 0.828. The molecule has 0 bridgehead atoms. The Labute approximate surface area is 107 Å². The fourth-order valence-corrected chi connectivity index (χ4v) is 2.84. The molecule has 1 aliphatic carbocycles. The van der Waals surface area contributed by atoms with Crippen molar-refractivity contribution >= 4 is 28.9 Å². The second-order valence-corrected chi connectivity index (χ2v) is 4.72. The topological polar surface area (TPSA) is 80.7 Å². The van der Waals surface area contributed by atoms with Gasteiger partial charge in [-0.1, -0.05) is 0 Å². The Kier molecular flexibility index (Phi) is 3.04. The minimum Gasteiger partial charge on any atom is -0.504 e. The predicted molar refractivity (Wildman–Crippen MR) is 64.4 cm³/mol. The van der Waals surface area contributed by atoms with Crippen LogP contribution in [0.1, 0.15) is 42.2 Å². The first-order chi connectivity index (χ1) is 8.47. The number of rotatable bonds is 2. The number of thiophene rings is 1. The van der Waals surface area contributed by atoms with Gasteiger partial charge < -0.3 is 9.84 Å². The molecule has 0 amide bonds. The minimum atomic E-state index is -0.631. The van der Waals surface area contributed by atoms with Gasteiger partial charge in [-0.15, -0.1) is 11.3 Å². The van der Waals surface area contributed by atoms with Crippen molar-refractivity contribution in [3.05, 3.63) is 32.7 Å². The van der Waals surface area contributed by atoms with E-state index in [1.807, 2.05) is 0 Å². The Morgan fingerprint density at radius 3 is 2.72 bits per heavy atom. The molecule has 0 saturated carbocycles. The van der Waals surface area contributed by atoms with E-state index < -0.39 is 23.3 Å². The number of allylic oxidation sites excluding steroid dienone is 2. The lowest BCUT2D eigenvalue weighted by Crippen LogP contribution is -2.15. The van der Waals surface area contributed by atoms with Crippen molar-refractivity contribution in [2.75, 3.05) is 6.61 Å². The molecule has 1 aliphatic rings. The maximum atomic E-state index is 11.8. The largest absolute Gasteiger partial charge is 0.504 e. The van der Waals surface area contributed by atoms with Crippen molar-refractivity contribution in [3.63, 3.8) is 0 Å². The number of esters is 1. The number of aliphatic hydroxyl groups excluding tert-OH is 1. The van der Waals surface area contributed by atoms with Gasteiger partial charge >= 0.3 is 5.97 Å². The van der Waals surface area contributed by atoms with E-state index in [4.69, 9.17) is 4.74 Å². The van der Waals surface area contributed by atoms with Gasteiger partial charge in [-0.3, -0.25) is 9.59 Å². The summed E-state index contributed by atoms with van der Waals surface area (Å²) in [5.74, 6) is -2.25. The van der Waals surface area contributed by atoms with Crippen molar-refractivity contribution in [1.29, 1.82) is 0 Å². The van der Waals surface area contributed by atoms with Crippen LogP contribution in [0.3, 0.4) is 0 Å². The average molecular weight is 266 g/mol. The van der Waals surface area contributed by atoms with E-state index in [1.54, 1.807) is 13.8 Å². The Hall–Kier alpha value is -1.95. The van der Waals surface area contributed by atoms with E-state index in [0.29, 0.717) is 5.56 Å². The van der Waals surface area contributed by atoms with E-state index >= 15 is 0 Å². The summed E-state index contributed by atoms with van der Waals surface area (Å²) < 4.78 is 4.85. The van der Waals surface area contributed by atoms with E-state index in [0.717, 1.165) is 17.4 Å². The van der Waals surface area contributed by atoms with Crippen LogP contribution < -0.4 is 0 Å². The fourth-order valence-electron chi connectivity index (χ4n) is 1.74. The molecule has 0 fully saturated rings. The van der Waals surface area contributed by atoms with Crippen LogP contribution in [0.15, 0.2) is 11.8 Å². The maximum Gasteiger partial charge on any atom is 0.348 e. The number of ether oxygens (including phenoxy) is 1. The van der Waals surface area contributed by atoms with Crippen LogP contribution >= 0.6 is 11.3 Å². The molecule has 0 spiro atoms. The number of aliphatic hydroxyl groups is 1. The lowest BCUT2D eigenvalue weighted by atomic mass is 9.97. The number of hydrogen-bond donors (Lipinski definition) is 1. The molecule has 5 nitrogen and oxygen atoms in total. The Balaban J connectivity index is 2.57. The van der Waals surface area contributed by atoms with E-state index in [1.165, 1.54) is 0 Å². The summed E-state index contributed by atoms with van der Waals surface area (Å²) in [6.45, 7) is 3.45. The number of carbonyl (C=O) groups is 3. The first kappa shape index (κ1) is 12.5. The average Bonchev–Trinajstić information content (AvgIpc) is 2.65. The molecular formula is C12H10O5S. The summed E-state index contributed by atoms with van der Waals surface area (Å²) >= 11 is 0.923. The number of Topliss-reactive ketones (excluding diaryl/α,β-unsaturated/α-hetero) is 1. The highest BCUT2D eigenvalue weighted by Crippen LogP contribution is 2.33. The third kappa shape index (κ3) is 1.74. The summed E-state index contributed by atoms with van der Waals surface area (Å²) in [5.41, 5.74) is 0.486. The van der Waals surface area contributed by atoms with Crippen LogP contribution in [-0.4, -0.2) is 29.2 Å². The van der Waals surface area contributed by atoms with Crippen LogP contribution in [0.4, 0.5) is 0 Å². The molecule has 2 rings (SSSR count). The number of fused-ring (bicyclic) bond motifs is 1. The highest BCUT2D eigenvalue weighted by molar-refractivity contribution is 7.16. The van der Waals surface area contributed by atoms with Crippen molar-refractivity contribution in [2.45, 2.75) is 13.8 Å². The van der Waals surface area contributed by atoms with Crippen LogP contribution in [0.5, 0.6) is 0 Å². The molecule has 0 atom stereocenters. The van der Waals surface area contributed by atoms with Gasteiger partial charge in [0.2, 0.25) is 5.78 Å². The molecule has 18 heavy (non-hydrogen) atoms. The first-order valence-corrected chi connectivity index (χ1v) is 6.09. The van der Waals surface area contributed by atoms with Crippen LogP contribution in [0, 0.1) is 6.92 Å². The second-order valence-electron chi connectivity index (χ2n) is 3.70. The van der Waals surface area contributed by atoms with Gasteiger partial charge in [0.05, 0.1) is 17.0 Å². The molecule has 0 radical (unpaired) electrons. The second kappa shape index (κ2) is 4.38. The molecule has 6 heteroatoms. The summed E-state index contributed by atoms with van der Waals surface area (Å²) in [4.78, 5) is 35.5. The van der Waals surface area contributed by atoms with Crippen LogP contribution in [0.2, 0.25) is 0 Å². The standard InChI is InChI=1S/C12H10O5S/c1-3-17-12(16)10-5(2)8-9(15)6(13)4-7(14)11(8)18-10/h4,13H,3H2,1-2H3. The zero-order valence-electron chi connectivity index (χ0n) is 9.77. The number of carbonyl (C=O) groups excluding carboxylic acids is 3. The van der Waals surface area contributed by atoms with Gasteiger partial charge in [0.15, 0.2) is 11.5 Å².